The molecule has 1 fully saturated rings. The van der Waals surface area contributed by atoms with Crippen LogP contribution in [0.25, 0.3) is 0 Å². The van der Waals surface area contributed by atoms with Gasteiger partial charge in [-0.3, -0.25) is 4.72 Å². The van der Waals surface area contributed by atoms with E-state index in [1.54, 1.807) is 13.8 Å². The highest BCUT2D eigenvalue weighted by Gasteiger charge is 2.46. The van der Waals surface area contributed by atoms with E-state index in [2.05, 4.69) is 4.72 Å². The molecule has 1 aromatic carbocycles. The van der Waals surface area contributed by atoms with Gasteiger partial charge >= 0.3 is 5.97 Å². The molecule has 0 aromatic heterocycles. The van der Waals surface area contributed by atoms with Gasteiger partial charge in [0.05, 0.1) is 35.6 Å². The fourth-order valence-electron chi connectivity index (χ4n) is 3.18. The van der Waals surface area contributed by atoms with Gasteiger partial charge in [0.2, 0.25) is 10.0 Å². The summed E-state index contributed by atoms with van der Waals surface area (Å²) in [4.78, 5) is 12.6. The molecule has 1 atom stereocenters. The largest absolute Gasteiger partial charge is 0.460 e. The molecular weight excluding hydrogens is 413 g/mol. The number of halogens is 2. The van der Waals surface area contributed by atoms with Gasteiger partial charge in [0.25, 0.3) is 0 Å². The van der Waals surface area contributed by atoms with Crippen LogP contribution >= 0.6 is 11.6 Å². The molecule has 1 unspecified atom stereocenters. The lowest BCUT2D eigenvalue weighted by Crippen LogP contribution is -2.42. The van der Waals surface area contributed by atoms with E-state index in [9.17, 15) is 17.6 Å². The minimum atomic E-state index is -4.09. The molecule has 3 rings (SSSR count). The summed E-state index contributed by atoms with van der Waals surface area (Å²) in [5.74, 6) is -2.47. The summed E-state index contributed by atoms with van der Waals surface area (Å²) in [5, 5.41) is -1.29. The molecule has 1 aromatic rings. The van der Waals surface area contributed by atoms with Crippen molar-refractivity contribution in [1.82, 2.24) is 0 Å². The van der Waals surface area contributed by atoms with Crippen molar-refractivity contribution in [1.29, 1.82) is 0 Å². The summed E-state index contributed by atoms with van der Waals surface area (Å²) in [6.45, 7) is 4.03. The number of esters is 1. The first-order valence-corrected chi connectivity index (χ1v) is 10.7. The Labute approximate surface area is 167 Å². The van der Waals surface area contributed by atoms with Crippen LogP contribution in [0.5, 0.6) is 0 Å². The van der Waals surface area contributed by atoms with Crippen LogP contribution in [0.4, 0.5) is 10.1 Å². The second-order valence-corrected chi connectivity index (χ2v) is 9.13. The van der Waals surface area contributed by atoms with E-state index in [0.29, 0.717) is 13.2 Å². The van der Waals surface area contributed by atoms with Crippen molar-refractivity contribution >= 4 is 33.3 Å². The van der Waals surface area contributed by atoms with Crippen LogP contribution in [0.3, 0.4) is 0 Å². The van der Waals surface area contributed by atoms with Crippen molar-refractivity contribution < 1.29 is 31.8 Å². The summed E-state index contributed by atoms with van der Waals surface area (Å²) < 4.78 is 58.0. The maximum Gasteiger partial charge on any atom is 0.335 e. The second-order valence-electron chi connectivity index (χ2n) is 6.86. The number of hydrogen-bond donors (Lipinski definition) is 1. The quantitative estimate of drug-likeness (QED) is 0.718. The smallest absolute Gasteiger partial charge is 0.335 e. The molecular formula is C18H21ClFNO6S. The van der Waals surface area contributed by atoms with E-state index in [-0.39, 0.29) is 29.1 Å². The second kappa shape index (κ2) is 7.98. The molecule has 1 heterocycles. The van der Waals surface area contributed by atoms with E-state index in [0.717, 1.165) is 12.1 Å². The van der Waals surface area contributed by atoms with E-state index < -0.39 is 39.0 Å². The van der Waals surface area contributed by atoms with Crippen LogP contribution in [0, 0.1) is 5.82 Å². The Morgan fingerprint density at radius 1 is 1.36 bits per heavy atom. The van der Waals surface area contributed by atoms with Gasteiger partial charge in [-0.2, -0.15) is 0 Å². The number of carbonyl (C=O) groups excluding carboxylic acids is 1. The molecule has 28 heavy (non-hydrogen) atoms. The van der Waals surface area contributed by atoms with Gasteiger partial charge in [-0.05, 0) is 44.5 Å². The van der Waals surface area contributed by atoms with Crippen molar-refractivity contribution in [2.45, 2.75) is 43.8 Å². The standard InChI is InChI=1S/C18H21ClFNO6S/c1-11(2)27-17(22)13-10-18(25-7-8-26-18)6-5-16(13)28(23,24)21-15-4-3-12(20)9-14(15)19/h3-4,9-11,16,21H,5-8H2,1-2H3. The molecule has 10 heteroatoms. The molecule has 0 bridgehead atoms. The summed E-state index contributed by atoms with van der Waals surface area (Å²) in [6.07, 6.45) is 1.30. The molecule has 2 aliphatic rings. The highest BCUT2D eigenvalue weighted by molar-refractivity contribution is 7.93. The highest BCUT2D eigenvalue weighted by Crippen LogP contribution is 2.38. The summed E-state index contributed by atoms with van der Waals surface area (Å²) in [6, 6.07) is 3.31. The third-order valence-electron chi connectivity index (χ3n) is 4.39. The minimum Gasteiger partial charge on any atom is -0.460 e. The highest BCUT2D eigenvalue weighted by atomic mass is 35.5. The minimum absolute atomic E-state index is 0.0216. The lowest BCUT2D eigenvalue weighted by Gasteiger charge is -2.33. The number of nitrogens with one attached hydrogen (secondary N) is 1. The number of benzene rings is 1. The average molecular weight is 434 g/mol. The van der Waals surface area contributed by atoms with Crippen molar-refractivity contribution in [3.8, 4) is 0 Å². The Hall–Kier alpha value is -1.68. The van der Waals surface area contributed by atoms with E-state index in [1.807, 2.05) is 0 Å². The SMILES string of the molecule is CC(C)OC(=O)C1=CC2(CCC1S(=O)(=O)Nc1ccc(F)cc1Cl)OCCO2. The fourth-order valence-corrected chi connectivity index (χ4v) is 5.00. The predicted molar refractivity (Wildman–Crippen MR) is 101 cm³/mol. The molecule has 1 saturated heterocycles. The summed E-state index contributed by atoms with van der Waals surface area (Å²) >= 11 is 5.93. The molecule has 0 radical (unpaired) electrons. The molecule has 0 saturated carbocycles. The number of anilines is 1. The Morgan fingerprint density at radius 3 is 2.64 bits per heavy atom. The number of ether oxygens (including phenoxy) is 3. The molecule has 7 nitrogen and oxygen atoms in total. The van der Waals surface area contributed by atoms with Crippen LogP contribution < -0.4 is 4.72 Å². The van der Waals surface area contributed by atoms with E-state index >= 15 is 0 Å². The maximum absolute atomic E-state index is 13.2. The lowest BCUT2D eigenvalue weighted by atomic mass is 9.94. The van der Waals surface area contributed by atoms with Gasteiger partial charge in [-0.25, -0.2) is 17.6 Å². The Bertz CT molecular complexity index is 895. The van der Waals surface area contributed by atoms with E-state index in [4.69, 9.17) is 25.8 Å². The number of carbonyl (C=O) groups is 1. The molecule has 0 amide bonds. The predicted octanol–water partition coefficient (Wildman–Crippen LogP) is 3.00. The first kappa shape index (κ1) is 21.0. The first-order chi connectivity index (χ1) is 13.1. The molecule has 1 aliphatic carbocycles. The summed E-state index contributed by atoms with van der Waals surface area (Å²) in [7, 11) is -4.09. The lowest BCUT2D eigenvalue weighted by molar-refractivity contribution is -0.146. The van der Waals surface area contributed by atoms with Gasteiger partial charge in [-0.1, -0.05) is 11.6 Å². The van der Waals surface area contributed by atoms with Crippen molar-refractivity contribution in [2.24, 2.45) is 0 Å². The van der Waals surface area contributed by atoms with Crippen LogP contribution in [0.15, 0.2) is 29.8 Å². The summed E-state index contributed by atoms with van der Waals surface area (Å²) in [5.41, 5.74) is -0.0409. The molecule has 154 valence electrons. The fraction of sp³-hybridized carbons (Fsp3) is 0.500. The zero-order valence-corrected chi connectivity index (χ0v) is 17.0. The van der Waals surface area contributed by atoms with Crippen molar-refractivity contribution in [3.05, 3.63) is 40.7 Å². The normalized spacial score (nSPS) is 21.6. The van der Waals surface area contributed by atoms with Gasteiger partial charge in [0.1, 0.15) is 11.1 Å². The number of rotatable bonds is 5. The Kier molecular flexibility index (Phi) is 6.00. The first-order valence-electron chi connectivity index (χ1n) is 8.80. The van der Waals surface area contributed by atoms with Gasteiger partial charge < -0.3 is 14.2 Å². The van der Waals surface area contributed by atoms with Crippen LogP contribution in [-0.4, -0.2) is 44.7 Å². The molecule has 1 N–H and O–H groups in total. The monoisotopic (exact) mass is 433 g/mol. The van der Waals surface area contributed by atoms with Crippen molar-refractivity contribution in [2.75, 3.05) is 17.9 Å². The molecule has 1 aliphatic heterocycles. The number of hydrogen-bond acceptors (Lipinski definition) is 6. The Morgan fingerprint density at radius 2 is 2.04 bits per heavy atom. The van der Waals surface area contributed by atoms with Crippen LogP contribution in [0.2, 0.25) is 5.02 Å². The third kappa shape index (κ3) is 4.48. The average Bonchev–Trinajstić information content (AvgIpc) is 3.04. The number of sulfonamides is 1. The Balaban J connectivity index is 1.94. The maximum atomic E-state index is 13.2. The van der Waals surface area contributed by atoms with Crippen molar-refractivity contribution in [3.63, 3.8) is 0 Å². The van der Waals surface area contributed by atoms with Gasteiger partial charge in [0.15, 0.2) is 5.79 Å². The van der Waals surface area contributed by atoms with Gasteiger partial charge in [-0.15, -0.1) is 0 Å². The molecule has 1 spiro atoms. The van der Waals surface area contributed by atoms with E-state index in [1.165, 1.54) is 12.1 Å². The zero-order valence-electron chi connectivity index (χ0n) is 15.4. The third-order valence-corrected chi connectivity index (χ3v) is 6.45. The topological polar surface area (TPSA) is 90.9 Å². The van der Waals surface area contributed by atoms with Crippen LogP contribution in [0.1, 0.15) is 26.7 Å². The van der Waals surface area contributed by atoms with Gasteiger partial charge in [0, 0.05) is 6.42 Å². The zero-order chi connectivity index (χ0) is 20.5. The van der Waals surface area contributed by atoms with Crippen LogP contribution in [-0.2, 0) is 29.0 Å².